The summed E-state index contributed by atoms with van der Waals surface area (Å²) in [5, 5.41) is 16.7. The Bertz CT molecular complexity index is 837. The zero-order chi connectivity index (χ0) is 22.0. The number of anilines is 1. The molecule has 0 aliphatic carbocycles. The van der Waals surface area contributed by atoms with Crippen LogP contribution in [0.25, 0.3) is 0 Å². The van der Waals surface area contributed by atoms with Gasteiger partial charge in [-0.3, -0.25) is 19.7 Å². The number of hydrogen-bond donors (Lipinski definition) is 2. The lowest BCUT2D eigenvalue weighted by Gasteiger charge is -2.18. The first kappa shape index (κ1) is 24.3. The van der Waals surface area contributed by atoms with Gasteiger partial charge < -0.3 is 15.5 Å². The van der Waals surface area contributed by atoms with Gasteiger partial charge in [0, 0.05) is 51.3 Å². The lowest BCUT2D eigenvalue weighted by molar-refractivity contribution is -0.384. The van der Waals surface area contributed by atoms with Crippen LogP contribution in [0.5, 0.6) is 0 Å². The molecule has 2 N–H and O–H groups in total. The summed E-state index contributed by atoms with van der Waals surface area (Å²) in [6.45, 7) is 5.55. The van der Waals surface area contributed by atoms with Crippen molar-refractivity contribution in [1.82, 2.24) is 10.2 Å². The number of sulfone groups is 1. The Morgan fingerprint density at radius 2 is 1.79 bits per heavy atom. The average molecular weight is 429 g/mol. The number of benzene rings is 1. The Hall–Kier alpha value is -2.69. The minimum Gasteiger partial charge on any atom is -0.378 e. The van der Waals surface area contributed by atoms with Crippen molar-refractivity contribution in [2.24, 2.45) is 0 Å². The highest BCUT2D eigenvalue weighted by Gasteiger charge is 2.18. The van der Waals surface area contributed by atoms with Crippen LogP contribution in [0.2, 0.25) is 0 Å². The van der Waals surface area contributed by atoms with E-state index in [4.69, 9.17) is 0 Å². The quantitative estimate of drug-likeness (QED) is 0.293. The minimum absolute atomic E-state index is 0.0225. The van der Waals surface area contributed by atoms with Crippen molar-refractivity contribution < 1.29 is 22.9 Å². The van der Waals surface area contributed by atoms with E-state index >= 15 is 0 Å². The second-order valence-electron chi connectivity index (χ2n) is 6.40. The first-order chi connectivity index (χ1) is 13.6. The molecule has 0 saturated heterocycles. The van der Waals surface area contributed by atoms with Crippen LogP contribution >= 0.6 is 0 Å². The van der Waals surface area contributed by atoms with Gasteiger partial charge in [-0.05, 0) is 32.4 Å². The normalized spacial score (nSPS) is 11.0. The highest BCUT2D eigenvalue weighted by Crippen LogP contribution is 2.27. The van der Waals surface area contributed by atoms with Crippen LogP contribution in [-0.2, 0) is 19.4 Å². The van der Waals surface area contributed by atoms with Crippen molar-refractivity contribution in [2.75, 3.05) is 37.8 Å². The van der Waals surface area contributed by atoms with Gasteiger partial charge in [0.25, 0.3) is 5.69 Å². The molecule has 0 fully saturated rings. The molecule has 0 heterocycles. The Morgan fingerprint density at radius 3 is 2.34 bits per heavy atom. The maximum atomic E-state index is 11.9. The first-order valence-electron chi connectivity index (χ1n) is 9.37. The molecule has 0 aliphatic heterocycles. The molecule has 0 radical (unpaired) electrons. The molecule has 1 aromatic carbocycles. The summed E-state index contributed by atoms with van der Waals surface area (Å²) >= 11 is 0. The fourth-order valence-corrected chi connectivity index (χ4v) is 3.31. The van der Waals surface area contributed by atoms with Crippen LogP contribution in [0.4, 0.5) is 11.4 Å². The second kappa shape index (κ2) is 11.3. The highest BCUT2D eigenvalue weighted by molar-refractivity contribution is 7.90. The zero-order valence-electron chi connectivity index (χ0n) is 16.9. The molecule has 10 nitrogen and oxygen atoms in total. The zero-order valence-corrected chi connectivity index (χ0v) is 17.8. The second-order valence-corrected chi connectivity index (χ2v) is 8.42. The van der Waals surface area contributed by atoms with Crippen molar-refractivity contribution in [2.45, 2.75) is 38.0 Å². The number of rotatable bonds is 12. The standard InChI is InChI=1S/C18H28N4O6S/c1-4-21(5-2)18(24)8-6-7-17(23)20-12-11-19-15-10-9-14(29(3,27)28)13-16(15)22(25)26/h9-10,13,19H,4-8,11-12H2,1-3H3,(H,20,23). The van der Waals surface area contributed by atoms with Crippen LogP contribution in [0.15, 0.2) is 23.1 Å². The molecule has 29 heavy (non-hydrogen) atoms. The third-order valence-corrected chi connectivity index (χ3v) is 5.38. The van der Waals surface area contributed by atoms with Crippen LogP contribution in [0, 0.1) is 10.1 Å². The Kier molecular flexibility index (Phi) is 9.53. The molecule has 1 aromatic rings. The molecule has 162 valence electrons. The van der Waals surface area contributed by atoms with E-state index in [1.807, 2.05) is 13.8 Å². The number of amides is 2. The summed E-state index contributed by atoms with van der Waals surface area (Å²) in [5.74, 6) is -0.185. The van der Waals surface area contributed by atoms with E-state index in [1.165, 1.54) is 12.1 Å². The van der Waals surface area contributed by atoms with Gasteiger partial charge in [0.05, 0.1) is 9.82 Å². The summed E-state index contributed by atoms with van der Waals surface area (Å²) in [4.78, 5) is 35.8. The van der Waals surface area contributed by atoms with E-state index in [1.54, 1.807) is 4.90 Å². The summed E-state index contributed by atoms with van der Waals surface area (Å²) in [7, 11) is -3.55. The fourth-order valence-electron chi connectivity index (χ4n) is 2.66. The van der Waals surface area contributed by atoms with E-state index in [-0.39, 0.29) is 47.6 Å². The third kappa shape index (κ3) is 8.06. The van der Waals surface area contributed by atoms with Crippen LogP contribution in [0.3, 0.4) is 0 Å². The van der Waals surface area contributed by atoms with Gasteiger partial charge in [0.2, 0.25) is 11.8 Å². The fraction of sp³-hybridized carbons (Fsp3) is 0.556. The molecule has 2 amide bonds. The van der Waals surface area contributed by atoms with Gasteiger partial charge in [-0.25, -0.2) is 8.42 Å². The molecular formula is C18H28N4O6S. The van der Waals surface area contributed by atoms with E-state index in [9.17, 15) is 28.1 Å². The van der Waals surface area contributed by atoms with Crippen molar-refractivity contribution in [1.29, 1.82) is 0 Å². The van der Waals surface area contributed by atoms with Gasteiger partial charge in [-0.1, -0.05) is 0 Å². The van der Waals surface area contributed by atoms with E-state index in [0.29, 0.717) is 25.9 Å². The molecule has 0 bridgehead atoms. The van der Waals surface area contributed by atoms with Crippen molar-refractivity contribution in [3.63, 3.8) is 0 Å². The minimum atomic E-state index is -3.55. The number of hydrogen-bond acceptors (Lipinski definition) is 7. The number of carbonyl (C=O) groups is 2. The van der Waals surface area contributed by atoms with Crippen molar-refractivity contribution in [3.05, 3.63) is 28.3 Å². The Morgan fingerprint density at radius 1 is 1.14 bits per heavy atom. The summed E-state index contributed by atoms with van der Waals surface area (Å²) in [6, 6.07) is 3.62. The predicted molar refractivity (Wildman–Crippen MR) is 109 cm³/mol. The van der Waals surface area contributed by atoms with Crippen LogP contribution in [0.1, 0.15) is 33.1 Å². The molecule has 0 aromatic heterocycles. The molecular weight excluding hydrogens is 400 g/mol. The predicted octanol–water partition coefficient (Wildman–Crippen LogP) is 1.57. The number of nitro groups is 1. The van der Waals surface area contributed by atoms with Crippen molar-refractivity contribution >= 4 is 33.0 Å². The monoisotopic (exact) mass is 428 g/mol. The summed E-state index contributed by atoms with van der Waals surface area (Å²) in [6.07, 6.45) is 1.96. The number of nitrogens with one attached hydrogen (secondary N) is 2. The maximum Gasteiger partial charge on any atom is 0.293 e. The number of nitrogens with zero attached hydrogens (tertiary/aromatic N) is 2. The van der Waals surface area contributed by atoms with Crippen LogP contribution in [-0.4, -0.2) is 62.5 Å². The van der Waals surface area contributed by atoms with Crippen LogP contribution < -0.4 is 10.6 Å². The van der Waals surface area contributed by atoms with Gasteiger partial charge in [-0.15, -0.1) is 0 Å². The lowest BCUT2D eigenvalue weighted by Crippen LogP contribution is -2.31. The van der Waals surface area contributed by atoms with Gasteiger partial charge in [-0.2, -0.15) is 0 Å². The first-order valence-corrected chi connectivity index (χ1v) is 11.3. The molecule has 1 rings (SSSR count). The molecule has 11 heteroatoms. The lowest BCUT2D eigenvalue weighted by atomic mass is 10.2. The molecule has 0 saturated carbocycles. The summed E-state index contributed by atoms with van der Waals surface area (Å²) in [5.41, 5.74) is -0.185. The average Bonchev–Trinajstić information content (AvgIpc) is 2.65. The Balaban J connectivity index is 2.45. The maximum absolute atomic E-state index is 11.9. The Labute approximate surface area is 170 Å². The van der Waals surface area contributed by atoms with Crippen molar-refractivity contribution in [3.8, 4) is 0 Å². The number of carbonyl (C=O) groups excluding carboxylic acids is 2. The van der Waals surface area contributed by atoms with Gasteiger partial charge in [0.15, 0.2) is 9.84 Å². The van der Waals surface area contributed by atoms with E-state index < -0.39 is 14.8 Å². The largest absolute Gasteiger partial charge is 0.378 e. The summed E-state index contributed by atoms with van der Waals surface area (Å²) < 4.78 is 23.1. The van der Waals surface area contributed by atoms with E-state index in [2.05, 4.69) is 10.6 Å². The smallest absolute Gasteiger partial charge is 0.293 e. The molecule has 0 unspecified atom stereocenters. The van der Waals surface area contributed by atoms with E-state index in [0.717, 1.165) is 12.3 Å². The highest BCUT2D eigenvalue weighted by atomic mass is 32.2. The van der Waals surface area contributed by atoms with Gasteiger partial charge in [0.1, 0.15) is 5.69 Å². The molecule has 0 atom stereocenters. The van der Waals surface area contributed by atoms with Gasteiger partial charge >= 0.3 is 0 Å². The molecule has 0 spiro atoms. The SMILES string of the molecule is CCN(CC)C(=O)CCCC(=O)NCCNc1ccc(S(C)(=O)=O)cc1[N+](=O)[O-]. The molecule has 0 aliphatic rings. The topological polar surface area (TPSA) is 139 Å². The third-order valence-electron chi connectivity index (χ3n) is 4.27. The number of nitro benzene ring substituents is 1.